The van der Waals surface area contributed by atoms with Gasteiger partial charge in [-0.05, 0) is 79.6 Å². The maximum atomic E-state index is 13.1. The van der Waals surface area contributed by atoms with Crippen LogP contribution in [0.2, 0.25) is 0 Å². The number of phosphoric acid groups is 1. The number of nitriles is 2. The highest BCUT2D eigenvalue weighted by Gasteiger charge is 2.37. The van der Waals surface area contributed by atoms with E-state index in [1.807, 2.05) is 115 Å². The fourth-order valence-electron chi connectivity index (χ4n) is 12.1. The summed E-state index contributed by atoms with van der Waals surface area (Å²) in [7, 11) is -4.93. The summed E-state index contributed by atoms with van der Waals surface area (Å²) in [6, 6.07) is 52.3. The summed E-state index contributed by atoms with van der Waals surface area (Å²) >= 11 is 0. The van der Waals surface area contributed by atoms with Crippen molar-refractivity contribution in [1.82, 2.24) is 0 Å². The van der Waals surface area contributed by atoms with Crippen molar-refractivity contribution in [1.29, 1.82) is 10.5 Å². The molecule has 0 aliphatic heterocycles. The maximum absolute atomic E-state index is 13.1. The molecule has 26 heteroatoms. The summed E-state index contributed by atoms with van der Waals surface area (Å²) in [5.41, 5.74) is 12.0. The molecule has 9 rings (SSSR count). The summed E-state index contributed by atoms with van der Waals surface area (Å²) in [5, 5.41) is 27.7. The van der Waals surface area contributed by atoms with Gasteiger partial charge in [-0.25, -0.2) is 18.9 Å². The molecular weight excluding hydrogens is 1350 g/mol. The monoisotopic (exact) mass is 1440 g/mol. The second-order valence-corrected chi connectivity index (χ2v) is 27.3. The van der Waals surface area contributed by atoms with Crippen LogP contribution in [0.5, 0.6) is 0 Å². The average Bonchev–Trinajstić information content (AvgIpc) is 1.64. The molecule has 3 atom stereocenters. The predicted octanol–water partition coefficient (Wildman–Crippen LogP) is 14.4. The zero-order valence-electron chi connectivity index (χ0n) is 57.5. The van der Waals surface area contributed by atoms with Crippen molar-refractivity contribution in [2.45, 2.75) is 62.7 Å². The number of ether oxygens (including phenoxy) is 11. The fourth-order valence-corrected chi connectivity index (χ4v) is 14.2. The summed E-state index contributed by atoms with van der Waals surface area (Å²) in [5.74, 6) is -0.868. The molecule has 3 unspecified atom stereocenters. The van der Waals surface area contributed by atoms with E-state index < -0.39 is 46.2 Å². The topological polar surface area (TPSA) is 293 Å². The molecular formula is C76H90N2O22P2. The molecule has 0 fully saturated rings. The lowest BCUT2D eigenvalue weighted by atomic mass is 9.92. The average molecular weight is 1450 g/mol. The van der Waals surface area contributed by atoms with Crippen LogP contribution in [0, 0.1) is 34.0 Å². The molecule has 3 aliphatic carbocycles. The SMILES string of the molecule is COP(=O)(OCCC#N)OCC(COCCCO)COCCCOP(OCCC#N)OCC(COCCCOC(=O)OCC1c2ccccc2-c2ccccc21)(COCCCOC(=O)OCC1c2ccccc2-c2ccccc21)COCCCOC(=O)OCC1c2ccccc2-c2ccccc21. The number of carbonyl (C=O) groups is 3. The molecule has 0 heterocycles. The minimum absolute atomic E-state index is 0.0158. The quantitative estimate of drug-likeness (QED) is 0.0161. The number of phosphoric ester groups is 1. The minimum atomic E-state index is -3.98. The van der Waals surface area contributed by atoms with Crippen LogP contribution < -0.4 is 0 Å². The number of carbonyl (C=O) groups excluding carboxylic acids is 3. The Labute approximate surface area is 597 Å². The van der Waals surface area contributed by atoms with E-state index in [0.29, 0.717) is 12.8 Å². The highest BCUT2D eigenvalue weighted by Crippen LogP contribution is 2.50. The van der Waals surface area contributed by atoms with Gasteiger partial charge < -0.3 is 70.8 Å². The number of aliphatic hydroxyl groups is 1. The molecule has 546 valence electrons. The predicted molar refractivity (Wildman–Crippen MR) is 375 cm³/mol. The number of hydrogen-bond acceptors (Lipinski definition) is 24. The van der Waals surface area contributed by atoms with E-state index in [-0.39, 0.29) is 195 Å². The van der Waals surface area contributed by atoms with Crippen molar-refractivity contribution in [3.63, 3.8) is 0 Å². The summed E-state index contributed by atoms with van der Waals surface area (Å²) < 4.78 is 112. The number of benzene rings is 6. The largest absolute Gasteiger partial charge is 0.508 e. The first-order valence-corrected chi connectivity index (χ1v) is 36.9. The van der Waals surface area contributed by atoms with E-state index in [4.69, 9.17) is 84.5 Å². The molecule has 24 nitrogen and oxygen atoms in total. The van der Waals surface area contributed by atoms with Gasteiger partial charge in [0.2, 0.25) is 0 Å². The van der Waals surface area contributed by atoms with Crippen LogP contribution in [-0.2, 0) is 83.8 Å². The third-order valence-corrected chi connectivity index (χ3v) is 19.5. The first-order chi connectivity index (χ1) is 50.1. The van der Waals surface area contributed by atoms with Gasteiger partial charge in [0.05, 0.1) is 116 Å². The van der Waals surface area contributed by atoms with Crippen molar-refractivity contribution in [2.24, 2.45) is 11.3 Å². The molecule has 0 bridgehead atoms. The number of hydrogen-bond donors (Lipinski definition) is 1. The van der Waals surface area contributed by atoms with Crippen LogP contribution in [0.15, 0.2) is 146 Å². The molecule has 0 spiro atoms. The fraction of sp³-hybridized carbons (Fsp3) is 0.461. The summed E-state index contributed by atoms with van der Waals surface area (Å²) in [6.07, 6.45) is -0.802. The summed E-state index contributed by atoms with van der Waals surface area (Å²) in [6.45, 7) is 0.821. The first kappa shape index (κ1) is 78.4. The van der Waals surface area contributed by atoms with Crippen LogP contribution in [0.4, 0.5) is 14.4 Å². The highest BCUT2D eigenvalue weighted by molar-refractivity contribution is 7.48. The van der Waals surface area contributed by atoms with Gasteiger partial charge in [0.1, 0.15) is 19.8 Å². The Bertz CT molecular complexity index is 3280. The standard InChI is InChI=1S/C76H90N2O22P2/c1-84-102(83,99-46-15-34-78)100-49-57(47-85-36-16-35-79)48-86-37-20-45-97-101(96-44-14-33-77)98-56-76(53-87-38-17-41-90-73(80)93-50-70-64-27-8-2-21-58(64)59-22-3-9-28-65(59)70,54-88-39-18-42-91-74(81)94-51-71-66-29-10-4-23-60(66)61-24-5-11-30-67(61)71)55-89-40-19-43-92-75(82)95-52-72-68-31-12-6-25-62(68)63-26-7-13-32-69(63)72/h2-13,21-32,57,70-72,79H,14-20,35-56H2,1H3. The molecule has 0 radical (unpaired) electrons. The highest BCUT2D eigenvalue weighted by atomic mass is 31.2. The minimum Gasteiger partial charge on any atom is -0.434 e. The van der Waals surface area contributed by atoms with Crippen LogP contribution in [0.1, 0.15) is 96.1 Å². The Morgan fingerprint density at radius 3 is 1.14 bits per heavy atom. The Balaban J connectivity index is 0.818. The molecule has 1 N–H and O–H groups in total. The summed E-state index contributed by atoms with van der Waals surface area (Å²) in [4.78, 5) is 39.2. The van der Waals surface area contributed by atoms with Crippen molar-refractivity contribution in [3.8, 4) is 45.5 Å². The Hall–Kier alpha value is -7.71. The van der Waals surface area contributed by atoms with E-state index in [0.717, 1.165) is 66.8 Å². The van der Waals surface area contributed by atoms with Gasteiger partial charge >= 0.3 is 34.9 Å². The van der Waals surface area contributed by atoms with Crippen molar-refractivity contribution < 1.29 is 103 Å². The van der Waals surface area contributed by atoms with Gasteiger partial charge in [-0.2, -0.15) is 10.5 Å². The third kappa shape index (κ3) is 23.7. The molecule has 0 saturated heterocycles. The van der Waals surface area contributed by atoms with Gasteiger partial charge in [0.25, 0.3) is 0 Å². The third-order valence-electron chi connectivity index (χ3n) is 17.0. The number of fused-ring (bicyclic) bond motifs is 9. The molecule has 3 aliphatic rings. The Morgan fingerprint density at radius 1 is 0.422 bits per heavy atom. The van der Waals surface area contributed by atoms with Crippen LogP contribution in [-0.4, -0.2) is 176 Å². The lowest BCUT2D eigenvalue weighted by Crippen LogP contribution is -2.42. The Morgan fingerprint density at radius 2 is 0.765 bits per heavy atom. The van der Waals surface area contributed by atoms with Gasteiger partial charge in [-0.3, -0.25) is 13.6 Å². The van der Waals surface area contributed by atoms with Crippen molar-refractivity contribution >= 4 is 34.9 Å². The normalized spacial score (nSPS) is 14.0. The first-order valence-electron chi connectivity index (χ1n) is 34.4. The lowest BCUT2D eigenvalue weighted by molar-refractivity contribution is -0.0938. The Kier molecular flexibility index (Phi) is 32.9. The van der Waals surface area contributed by atoms with E-state index in [1.165, 1.54) is 7.11 Å². The van der Waals surface area contributed by atoms with E-state index in [2.05, 4.69) is 42.5 Å². The maximum Gasteiger partial charge on any atom is 0.508 e. The molecule has 0 saturated carbocycles. The van der Waals surface area contributed by atoms with Crippen LogP contribution in [0.25, 0.3) is 33.4 Å². The van der Waals surface area contributed by atoms with Crippen molar-refractivity contribution in [2.75, 3.05) is 152 Å². The number of rotatable bonds is 49. The zero-order chi connectivity index (χ0) is 71.5. The number of aliphatic hydroxyl groups excluding tert-OH is 1. The van der Waals surface area contributed by atoms with E-state index in [9.17, 15) is 29.3 Å². The van der Waals surface area contributed by atoms with Gasteiger partial charge in [0, 0.05) is 89.7 Å². The zero-order valence-corrected chi connectivity index (χ0v) is 59.3. The molecule has 6 aromatic carbocycles. The molecule has 102 heavy (non-hydrogen) atoms. The smallest absolute Gasteiger partial charge is 0.434 e. The second kappa shape index (κ2) is 42.8. The molecule has 0 aromatic heterocycles. The van der Waals surface area contributed by atoms with Crippen LogP contribution >= 0.6 is 16.4 Å². The lowest BCUT2D eigenvalue weighted by Gasteiger charge is -2.34. The second-order valence-electron chi connectivity index (χ2n) is 24.3. The van der Waals surface area contributed by atoms with Gasteiger partial charge in [-0.1, -0.05) is 146 Å². The molecule has 0 amide bonds. The van der Waals surface area contributed by atoms with E-state index >= 15 is 0 Å². The number of nitrogens with zero attached hydrogens (tertiary/aromatic N) is 2. The molecule has 6 aromatic rings. The van der Waals surface area contributed by atoms with Gasteiger partial charge in [-0.15, -0.1) is 0 Å². The van der Waals surface area contributed by atoms with Gasteiger partial charge in [0.15, 0.2) is 0 Å². The van der Waals surface area contributed by atoms with E-state index in [1.54, 1.807) is 0 Å². The van der Waals surface area contributed by atoms with Crippen molar-refractivity contribution in [3.05, 3.63) is 179 Å². The van der Waals surface area contributed by atoms with Crippen LogP contribution in [0.3, 0.4) is 0 Å².